The number of benzene rings is 1. The minimum atomic E-state index is 0.828. The second-order valence-electron chi connectivity index (χ2n) is 3.58. The summed E-state index contributed by atoms with van der Waals surface area (Å²) < 4.78 is 10.6. The first-order chi connectivity index (χ1) is 7.26. The smallest absolute Gasteiger partial charge is 0.161 e. The summed E-state index contributed by atoms with van der Waals surface area (Å²) in [6, 6.07) is 4.19. The van der Waals surface area contributed by atoms with Crippen LogP contribution in [-0.4, -0.2) is 14.2 Å². The Morgan fingerprint density at radius 3 is 1.87 bits per heavy atom. The molecule has 0 amide bonds. The van der Waals surface area contributed by atoms with Crippen molar-refractivity contribution in [2.45, 2.75) is 33.1 Å². The van der Waals surface area contributed by atoms with Crippen molar-refractivity contribution in [1.82, 2.24) is 0 Å². The standard InChI is InChI=1S/C13H20O2/c1-5-7-11-9-13(15-4)12(14-3)8-10(11)6-2/h8-9H,5-7H2,1-4H3. The molecule has 0 radical (unpaired) electrons. The molecule has 2 heteroatoms. The van der Waals surface area contributed by atoms with E-state index in [1.165, 1.54) is 11.1 Å². The first kappa shape index (κ1) is 11.9. The molecule has 2 nitrogen and oxygen atoms in total. The number of ether oxygens (including phenoxy) is 2. The van der Waals surface area contributed by atoms with Crippen molar-refractivity contribution >= 4 is 0 Å². The maximum absolute atomic E-state index is 5.30. The van der Waals surface area contributed by atoms with Crippen LogP contribution in [0.5, 0.6) is 11.5 Å². The molecule has 0 fully saturated rings. The number of aryl methyl sites for hydroxylation is 2. The van der Waals surface area contributed by atoms with Gasteiger partial charge in [-0.3, -0.25) is 0 Å². The fourth-order valence-corrected chi connectivity index (χ4v) is 1.79. The van der Waals surface area contributed by atoms with Crippen molar-refractivity contribution in [3.8, 4) is 11.5 Å². The molecule has 0 saturated heterocycles. The molecule has 0 N–H and O–H groups in total. The largest absolute Gasteiger partial charge is 0.493 e. The van der Waals surface area contributed by atoms with E-state index in [1.807, 2.05) is 0 Å². The second kappa shape index (κ2) is 5.64. The van der Waals surface area contributed by atoms with Gasteiger partial charge in [-0.25, -0.2) is 0 Å². The molecule has 0 aliphatic heterocycles. The number of methoxy groups -OCH3 is 2. The van der Waals surface area contributed by atoms with Crippen LogP contribution in [0, 0.1) is 0 Å². The lowest BCUT2D eigenvalue weighted by Crippen LogP contribution is -1.97. The van der Waals surface area contributed by atoms with Crippen LogP contribution in [0.2, 0.25) is 0 Å². The molecule has 1 aromatic rings. The number of rotatable bonds is 5. The Hall–Kier alpha value is -1.18. The minimum absolute atomic E-state index is 0.828. The quantitative estimate of drug-likeness (QED) is 0.739. The van der Waals surface area contributed by atoms with E-state index >= 15 is 0 Å². The van der Waals surface area contributed by atoms with Gasteiger partial charge in [-0.2, -0.15) is 0 Å². The summed E-state index contributed by atoms with van der Waals surface area (Å²) in [5, 5.41) is 0. The Kier molecular flexibility index (Phi) is 4.47. The molecule has 0 aromatic heterocycles. The van der Waals surface area contributed by atoms with E-state index < -0.39 is 0 Å². The van der Waals surface area contributed by atoms with Crippen molar-refractivity contribution in [2.24, 2.45) is 0 Å². The molecular formula is C13H20O2. The van der Waals surface area contributed by atoms with Gasteiger partial charge in [0.15, 0.2) is 11.5 Å². The van der Waals surface area contributed by atoms with E-state index in [1.54, 1.807) is 14.2 Å². The molecule has 1 rings (SSSR count). The lowest BCUT2D eigenvalue weighted by Gasteiger charge is -2.13. The summed E-state index contributed by atoms with van der Waals surface area (Å²) in [6.45, 7) is 4.36. The predicted molar refractivity (Wildman–Crippen MR) is 62.9 cm³/mol. The molecule has 0 unspecified atom stereocenters. The van der Waals surface area contributed by atoms with Crippen LogP contribution in [0.25, 0.3) is 0 Å². The fraction of sp³-hybridized carbons (Fsp3) is 0.538. The van der Waals surface area contributed by atoms with E-state index in [-0.39, 0.29) is 0 Å². The van der Waals surface area contributed by atoms with Crippen molar-refractivity contribution in [3.63, 3.8) is 0 Å². The summed E-state index contributed by atoms with van der Waals surface area (Å²) >= 11 is 0. The zero-order valence-electron chi connectivity index (χ0n) is 10.1. The topological polar surface area (TPSA) is 18.5 Å². The molecule has 1 aromatic carbocycles. The van der Waals surface area contributed by atoms with E-state index in [4.69, 9.17) is 9.47 Å². The monoisotopic (exact) mass is 208 g/mol. The van der Waals surface area contributed by atoms with Crippen molar-refractivity contribution in [1.29, 1.82) is 0 Å². The molecule has 0 spiro atoms. The Bertz CT molecular complexity index is 319. The first-order valence-corrected chi connectivity index (χ1v) is 5.50. The first-order valence-electron chi connectivity index (χ1n) is 5.50. The van der Waals surface area contributed by atoms with Gasteiger partial charge in [0.05, 0.1) is 14.2 Å². The minimum Gasteiger partial charge on any atom is -0.493 e. The van der Waals surface area contributed by atoms with E-state index in [0.29, 0.717) is 0 Å². The van der Waals surface area contributed by atoms with Gasteiger partial charge in [-0.05, 0) is 36.1 Å². The molecule has 84 valence electrons. The molecule has 0 heterocycles. The van der Waals surface area contributed by atoms with Gasteiger partial charge in [0.2, 0.25) is 0 Å². The van der Waals surface area contributed by atoms with Gasteiger partial charge < -0.3 is 9.47 Å². The molecule has 15 heavy (non-hydrogen) atoms. The van der Waals surface area contributed by atoms with Crippen LogP contribution in [0.4, 0.5) is 0 Å². The van der Waals surface area contributed by atoms with Crippen LogP contribution in [0.1, 0.15) is 31.4 Å². The average molecular weight is 208 g/mol. The summed E-state index contributed by atoms with van der Waals surface area (Å²) in [7, 11) is 3.36. The Balaban J connectivity index is 3.15. The Labute approximate surface area is 92.2 Å². The lowest BCUT2D eigenvalue weighted by molar-refractivity contribution is 0.354. The third kappa shape index (κ3) is 2.65. The highest BCUT2D eigenvalue weighted by Gasteiger charge is 2.09. The summed E-state index contributed by atoms with van der Waals surface area (Å²) in [5.74, 6) is 1.66. The predicted octanol–water partition coefficient (Wildman–Crippen LogP) is 3.22. The van der Waals surface area contributed by atoms with E-state index in [2.05, 4.69) is 26.0 Å². The summed E-state index contributed by atoms with van der Waals surface area (Å²) in [6.07, 6.45) is 3.29. The number of hydrogen-bond acceptors (Lipinski definition) is 2. The SMILES string of the molecule is CCCc1cc(OC)c(OC)cc1CC. The van der Waals surface area contributed by atoms with Crippen molar-refractivity contribution < 1.29 is 9.47 Å². The number of hydrogen-bond donors (Lipinski definition) is 0. The highest BCUT2D eigenvalue weighted by atomic mass is 16.5. The zero-order chi connectivity index (χ0) is 11.3. The summed E-state index contributed by atoms with van der Waals surface area (Å²) in [4.78, 5) is 0. The average Bonchev–Trinajstić information content (AvgIpc) is 2.28. The highest BCUT2D eigenvalue weighted by Crippen LogP contribution is 2.31. The van der Waals surface area contributed by atoms with Gasteiger partial charge in [-0.1, -0.05) is 20.3 Å². The molecule has 0 saturated carbocycles. The van der Waals surface area contributed by atoms with Gasteiger partial charge in [-0.15, -0.1) is 0 Å². The van der Waals surface area contributed by atoms with Crippen molar-refractivity contribution in [3.05, 3.63) is 23.3 Å². The van der Waals surface area contributed by atoms with Crippen molar-refractivity contribution in [2.75, 3.05) is 14.2 Å². The fourth-order valence-electron chi connectivity index (χ4n) is 1.79. The normalized spacial score (nSPS) is 10.1. The lowest BCUT2D eigenvalue weighted by atomic mass is 10.0. The summed E-state index contributed by atoms with van der Waals surface area (Å²) in [5.41, 5.74) is 2.73. The maximum Gasteiger partial charge on any atom is 0.161 e. The van der Waals surface area contributed by atoms with Crippen LogP contribution in [0.3, 0.4) is 0 Å². The molecule has 0 atom stereocenters. The highest BCUT2D eigenvalue weighted by molar-refractivity contribution is 5.47. The molecule has 0 aliphatic carbocycles. The maximum atomic E-state index is 5.30. The third-order valence-corrected chi connectivity index (χ3v) is 2.61. The van der Waals surface area contributed by atoms with Gasteiger partial charge >= 0.3 is 0 Å². The Morgan fingerprint density at radius 1 is 0.933 bits per heavy atom. The van der Waals surface area contributed by atoms with Gasteiger partial charge in [0.25, 0.3) is 0 Å². The third-order valence-electron chi connectivity index (χ3n) is 2.61. The molecular weight excluding hydrogens is 188 g/mol. The molecule has 0 aliphatic rings. The van der Waals surface area contributed by atoms with E-state index in [9.17, 15) is 0 Å². The van der Waals surface area contributed by atoms with E-state index in [0.717, 1.165) is 30.8 Å². The van der Waals surface area contributed by atoms with Gasteiger partial charge in [0.1, 0.15) is 0 Å². The zero-order valence-corrected chi connectivity index (χ0v) is 10.1. The van der Waals surface area contributed by atoms with Crippen LogP contribution in [-0.2, 0) is 12.8 Å². The van der Waals surface area contributed by atoms with Gasteiger partial charge in [0, 0.05) is 0 Å². The second-order valence-corrected chi connectivity index (χ2v) is 3.58. The Morgan fingerprint density at radius 2 is 1.47 bits per heavy atom. The van der Waals surface area contributed by atoms with Crippen LogP contribution in [0.15, 0.2) is 12.1 Å². The van der Waals surface area contributed by atoms with Crippen LogP contribution >= 0.6 is 0 Å². The van der Waals surface area contributed by atoms with Crippen LogP contribution < -0.4 is 9.47 Å². The molecule has 0 bridgehead atoms.